The molecule has 0 aliphatic carbocycles. The van der Waals surface area contributed by atoms with Crippen molar-refractivity contribution in [2.24, 2.45) is 0 Å². The molecule has 1 fully saturated rings. The molecule has 5 nitrogen and oxygen atoms in total. The Morgan fingerprint density at radius 2 is 2.37 bits per heavy atom. The van der Waals surface area contributed by atoms with Crippen LogP contribution in [0, 0.1) is 0 Å². The molecule has 2 aromatic heterocycles. The quantitative estimate of drug-likeness (QED) is 0.886. The summed E-state index contributed by atoms with van der Waals surface area (Å²) in [5.74, 6) is 1.25. The zero-order valence-corrected chi connectivity index (χ0v) is 11.2. The van der Waals surface area contributed by atoms with Gasteiger partial charge in [-0.05, 0) is 18.9 Å². The third-order valence-corrected chi connectivity index (χ3v) is 3.71. The predicted octanol–water partition coefficient (Wildman–Crippen LogP) is 2.41. The summed E-state index contributed by atoms with van der Waals surface area (Å²) in [5.41, 5.74) is 0.546. The molecule has 1 saturated heterocycles. The Balaban J connectivity index is 1.73. The highest BCUT2D eigenvalue weighted by Crippen LogP contribution is 2.25. The van der Waals surface area contributed by atoms with E-state index in [9.17, 15) is 4.79 Å². The van der Waals surface area contributed by atoms with E-state index in [2.05, 4.69) is 15.0 Å². The summed E-state index contributed by atoms with van der Waals surface area (Å²) in [5, 5.41) is 0.558. The molecule has 0 saturated carbocycles. The predicted molar refractivity (Wildman–Crippen MR) is 72.3 cm³/mol. The molecule has 1 aliphatic rings. The molecular weight excluding hydrogens is 264 g/mol. The third kappa shape index (κ3) is 2.51. The average molecular weight is 279 g/mol. The SMILES string of the molecule is O=C(c1cc(Cl)c[nH]1)N1CCC[C@@H](c2ncc[nH]2)C1. The van der Waals surface area contributed by atoms with E-state index in [4.69, 9.17) is 11.6 Å². The summed E-state index contributed by atoms with van der Waals surface area (Å²) in [4.78, 5) is 24.5. The third-order valence-electron chi connectivity index (χ3n) is 3.49. The Labute approximate surface area is 116 Å². The molecule has 0 radical (unpaired) electrons. The number of carbonyl (C=O) groups is 1. The number of piperidine rings is 1. The molecule has 19 heavy (non-hydrogen) atoms. The average Bonchev–Trinajstić information content (AvgIpc) is 3.09. The zero-order valence-electron chi connectivity index (χ0n) is 10.4. The summed E-state index contributed by atoms with van der Waals surface area (Å²) in [6, 6.07) is 1.67. The van der Waals surface area contributed by atoms with Crippen molar-refractivity contribution in [2.75, 3.05) is 13.1 Å². The molecule has 3 heterocycles. The van der Waals surface area contributed by atoms with Crippen molar-refractivity contribution in [2.45, 2.75) is 18.8 Å². The van der Waals surface area contributed by atoms with E-state index in [0.717, 1.165) is 25.2 Å². The van der Waals surface area contributed by atoms with Crippen LogP contribution in [0.5, 0.6) is 0 Å². The van der Waals surface area contributed by atoms with E-state index in [0.29, 0.717) is 17.3 Å². The topological polar surface area (TPSA) is 64.8 Å². The second-order valence-electron chi connectivity index (χ2n) is 4.80. The molecular formula is C13H15ClN4O. The number of nitrogens with zero attached hydrogens (tertiary/aromatic N) is 2. The lowest BCUT2D eigenvalue weighted by Gasteiger charge is -2.31. The van der Waals surface area contributed by atoms with Crippen molar-refractivity contribution in [3.05, 3.63) is 41.2 Å². The van der Waals surface area contributed by atoms with E-state index in [1.807, 2.05) is 11.1 Å². The Morgan fingerprint density at radius 3 is 3.05 bits per heavy atom. The van der Waals surface area contributed by atoms with Crippen LogP contribution in [0.2, 0.25) is 5.02 Å². The minimum Gasteiger partial charge on any atom is -0.356 e. The van der Waals surface area contributed by atoms with Gasteiger partial charge in [-0.2, -0.15) is 0 Å². The highest BCUT2D eigenvalue weighted by molar-refractivity contribution is 6.30. The molecule has 3 rings (SSSR count). The number of H-pyrrole nitrogens is 2. The number of imidazole rings is 1. The molecule has 2 N–H and O–H groups in total. The zero-order chi connectivity index (χ0) is 13.2. The largest absolute Gasteiger partial charge is 0.356 e. The van der Waals surface area contributed by atoms with Gasteiger partial charge >= 0.3 is 0 Å². The van der Waals surface area contributed by atoms with Crippen LogP contribution in [0.4, 0.5) is 0 Å². The van der Waals surface area contributed by atoms with Crippen molar-refractivity contribution < 1.29 is 4.79 Å². The lowest BCUT2D eigenvalue weighted by molar-refractivity contribution is 0.0699. The molecule has 0 bridgehead atoms. The van der Waals surface area contributed by atoms with E-state index in [1.165, 1.54) is 0 Å². The minimum atomic E-state index is 0.00292. The minimum absolute atomic E-state index is 0.00292. The number of hydrogen-bond acceptors (Lipinski definition) is 2. The van der Waals surface area contributed by atoms with Crippen LogP contribution in [0.15, 0.2) is 24.7 Å². The van der Waals surface area contributed by atoms with Gasteiger partial charge in [0.2, 0.25) is 0 Å². The van der Waals surface area contributed by atoms with Gasteiger partial charge in [0.15, 0.2) is 0 Å². The number of carbonyl (C=O) groups excluding carboxylic acids is 1. The number of hydrogen-bond donors (Lipinski definition) is 2. The number of nitrogens with one attached hydrogen (secondary N) is 2. The molecule has 0 unspecified atom stereocenters. The van der Waals surface area contributed by atoms with Gasteiger partial charge in [0.1, 0.15) is 11.5 Å². The molecule has 1 atom stereocenters. The summed E-state index contributed by atoms with van der Waals surface area (Å²) in [6.07, 6.45) is 7.25. The summed E-state index contributed by atoms with van der Waals surface area (Å²) in [7, 11) is 0. The van der Waals surface area contributed by atoms with E-state index in [-0.39, 0.29) is 11.8 Å². The highest BCUT2D eigenvalue weighted by Gasteiger charge is 2.27. The van der Waals surface area contributed by atoms with Gasteiger partial charge < -0.3 is 14.9 Å². The first kappa shape index (κ1) is 12.3. The Hall–Kier alpha value is -1.75. The van der Waals surface area contributed by atoms with Crippen LogP contribution in [0.1, 0.15) is 35.1 Å². The van der Waals surface area contributed by atoms with E-state index >= 15 is 0 Å². The van der Waals surface area contributed by atoms with Gasteiger partial charge in [-0.25, -0.2) is 4.98 Å². The molecule has 0 aromatic carbocycles. The van der Waals surface area contributed by atoms with Crippen LogP contribution in [-0.2, 0) is 0 Å². The maximum absolute atomic E-state index is 12.3. The second-order valence-corrected chi connectivity index (χ2v) is 5.23. The molecule has 2 aromatic rings. The number of aromatic nitrogens is 3. The maximum atomic E-state index is 12.3. The second kappa shape index (κ2) is 5.09. The van der Waals surface area contributed by atoms with Gasteiger partial charge in [-0.1, -0.05) is 11.6 Å². The monoisotopic (exact) mass is 278 g/mol. The molecule has 100 valence electrons. The van der Waals surface area contributed by atoms with E-state index in [1.54, 1.807) is 18.5 Å². The van der Waals surface area contributed by atoms with Crippen molar-refractivity contribution in [3.63, 3.8) is 0 Å². The van der Waals surface area contributed by atoms with Crippen LogP contribution in [0.3, 0.4) is 0 Å². The number of aromatic amines is 2. The lowest BCUT2D eigenvalue weighted by atomic mass is 9.97. The fourth-order valence-corrected chi connectivity index (χ4v) is 2.71. The normalized spacial score (nSPS) is 19.6. The molecule has 6 heteroatoms. The summed E-state index contributed by atoms with van der Waals surface area (Å²) in [6.45, 7) is 1.48. The standard InChI is InChI=1S/C13H15ClN4O/c14-10-6-11(17-7-10)13(19)18-5-1-2-9(8-18)12-15-3-4-16-12/h3-4,6-7,9,17H,1-2,5,8H2,(H,15,16)/t9-/m1/s1. The first-order chi connectivity index (χ1) is 9.24. The van der Waals surface area contributed by atoms with Gasteiger partial charge in [-0.3, -0.25) is 4.79 Å². The Kier molecular flexibility index (Phi) is 3.29. The maximum Gasteiger partial charge on any atom is 0.270 e. The van der Waals surface area contributed by atoms with Crippen LogP contribution in [0.25, 0.3) is 0 Å². The fourth-order valence-electron chi connectivity index (χ4n) is 2.55. The van der Waals surface area contributed by atoms with Crippen LogP contribution in [-0.4, -0.2) is 38.8 Å². The Bertz CT molecular complexity index is 563. The summed E-state index contributed by atoms with van der Waals surface area (Å²) >= 11 is 5.84. The number of rotatable bonds is 2. The van der Waals surface area contributed by atoms with Crippen molar-refractivity contribution in [1.82, 2.24) is 19.9 Å². The number of amides is 1. The van der Waals surface area contributed by atoms with Gasteiger partial charge in [0, 0.05) is 37.6 Å². The van der Waals surface area contributed by atoms with Crippen LogP contribution < -0.4 is 0 Å². The first-order valence-electron chi connectivity index (χ1n) is 6.36. The number of halogens is 1. The molecule has 1 aliphatic heterocycles. The van der Waals surface area contributed by atoms with Gasteiger partial charge in [0.05, 0.1) is 5.02 Å². The van der Waals surface area contributed by atoms with Gasteiger partial charge in [-0.15, -0.1) is 0 Å². The Morgan fingerprint density at radius 1 is 1.47 bits per heavy atom. The van der Waals surface area contributed by atoms with Crippen molar-refractivity contribution in [3.8, 4) is 0 Å². The smallest absolute Gasteiger partial charge is 0.270 e. The number of likely N-dealkylation sites (tertiary alicyclic amines) is 1. The molecule has 1 amide bonds. The van der Waals surface area contributed by atoms with Crippen molar-refractivity contribution >= 4 is 17.5 Å². The van der Waals surface area contributed by atoms with Crippen molar-refractivity contribution in [1.29, 1.82) is 0 Å². The van der Waals surface area contributed by atoms with Crippen LogP contribution >= 0.6 is 11.6 Å². The fraction of sp³-hybridized carbons (Fsp3) is 0.385. The lowest BCUT2D eigenvalue weighted by Crippen LogP contribution is -2.39. The van der Waals surface area contributed by atoms with E-state index < -0.39 is 0 Å². The highest BCUT2D eigenvalue weighted by atomic mass is 35.5. The summed E-state index contributed by atoms with van der Waals surface area (Å²) < 4.78 is 0. The first-order valence-corrected chi connectivity index (χ1v) is 6.74. The van der Waals surface area contributed by atoms with Gasteiger partial charge in [0.25, 0.3) is 5.91 Å². The molecule has 0 spiro atoms.